The second-order valence-electron chi connectivity index (χ2n) is 3.39. The second-order valence-corrected chi connectivity index (χ2v) is 3.39. The van der Waals surface area contributed by atoms with Crippen molar-refractivity contribution in [2.75, 3.05) is 13.2 Å². The van der Waals surface area contributed by atoms with E-state index in [1.165, 1.54) is 0 Å². The number of hydrogen-bond acceptors (Lipinski definition) is 5. The summed E-state index contributed by atoms with van der Waals surface area (Å²) in [6.07, 6.45) is -1.20. The minimum atomic E-state index is -1.20. The average molecular weight is 239 g/mol. The van der Waals surface area contributed by atoms with Gasteiger partial charge in [0.25, 0.3) is 0 Å². The number of ether oxygens (including phenoxy) is 1. The molecule has 0 saturated carbocycles. The van der Waals surface area contributed by atoms with Gasteiger partial charge in [0.15, 0.2) is 6.10 Å². The first-order valence-electron chi connectivity index (χ1n) is 5.47. The molecule has 0 radical (unpaired) electrons. The van der Waals surface area contributed by atoms with Crippen LogP contribution in [-0.2, 0) is 21.0 Å². The van der Waals surface area contributed by atoms with Crippen molar-refractivity contribution in [3.63, 3.8) is 0 Å². The molecule has 0 saturated heterocycles. The van der Waals surface area contributed by atoms with E-state index in [1.54, 1.807) is 6.92 Å². The summed E-state index contributed by atoms with van der Waals surface area (Å²) >= 11 is 0. The van der Waals surface area contributed by atoms with Gasteiger partial charge in [0.05, 0.1) is 19.8 Å². The molecule has 0 amide bonds. The highest BCUT2D eigenvalue weighted by molar-refractivity contribution is 5.74. The standard InChI is InChI=1S/C12H17NO4/c1-2-16-12(15)11(14)8-13-17-9-10-6-4-3-5-7-10/h3-7,11,13-14H,2,8-9H2,1H3. The molecule has 0 aliphatic rings. The molecule has 0 aliphatic carbocycles. The first-order valence-corrected chi connectivity index (χ1v) is 5.47. The van der Waals surface area contributed by atoms with Gasteiger partial charge in [-0.3, -0.25) is 4.84 Å². The normalized spacial score (nSPS) is 12.1. The molecule has 0 spiro atoms. The molecule has 94 valence electrons. The van der Waals surface area contributed by atoms with E-state index in [2.05, 4.69) is 10.2 Å². The molecule has 1 unspecified atom stereocenters. The van der Waals surface area contributed by atoms with Crippen molar-refractivity contribution >= 4 is 5.97 Å². The smallest absolute Gasteiger partial charge is 0.336 e. The van der Waals surface area contributed by atoms with Crippen LogP contribution in [0.3, 0.4) is 0 Å². The Balaban J connectivity index is 2.14. The van der Waals surface area contributed by atoms with Gasteiger partial charge in [0.1, 0.15) is 0 Å². The number of aliphatic hydroxyl groups is 1. The Morgan fingerprint density at radius 1 is 1.41 bits per heavy atom. The van der Waals surface area contributed by atoms with Crippen molar-refractivity contribution in [2.24, 2.45) is 0 Å². The molecular formula is C12H17NO4. The fourth-order valence-electron chi connectivity index (χ4n) is 1.17. The summed E-state index contributed by atoms with van der Waals surface area (Å²) in [5, 5.41) is 9.33. The van der Waals surface area contributed by atoms with Gasteiger partial charge in [0.2, 0.25) is 0 Å². The molecule has 5 nitrogen and oxygen atoms in total. The lowest BCUT2D eigenvalue weighted by Crippen LogP contribution is -2.34. The summed E-state index contributed by atoms with van der Waals surface area (Å²) in [7, 11) is 0. The lowest BCUT2D eigenvalue weighted by molar-refractivity contribution is -0.154. The molecule has 1 aromatic carbocycles. The van der Waals surface area contributed by atoms with Crippen LogP contribution >= 0.6 is 0 Å². The highest BCUT2D eigenvalue weighted by Gasteiger charge is 2.15. The van der Waals surface area contributed by atoms with Gasteiger partial charge < -0.3 is 9.84 Å². The molecule has 1 aromatic rings. The molecule has 1 rings (SSSR count). The Bertz CT molecular complexity index is 329. The SMILES string of the molecule is CCOC(=O)C(O)CNOCc1ccccc1. The van der Waals surface area contributed by atoms with Gasteiger partial charge >= 0.3 is 5.97 Å². The van der Waals surface area contributed by atoms with Crippen molar-refractivity contribution in [2.45, 2.75) is 19.6 Å². The number of nitrogens with one attached hydrogen (secondary N) is 1. The number of aliphatic hydroxyl groups excluding tert-OH is 1. The Labute approximate surface area is 100 Å². The third kappa shape index (κ3) is 5.44. The molecule has 0 bridgehead atoms. The third-order valence-corrected chi connectivity index (χ3v) is 2.02. The third-order valence-electron chi connectivity index (χ3n) is 2.02. The maximum atomic E-state index is 11.0. The van der Waals surface area contributed by atoms with Gasteiger partial charge in [-0.2, -0.15) is 5.48 Å². The molecule has 0 heterocycles. The predicted octanol–water partition coefficient (Wildman–Crippen LogP) is 0.632. The van der Waals surface area contributed by atoms with Crippen molar-refractivity contribution < 1.29 is 19.5 Å². The molecule has 2 N–H and O–H groups in total. The van der Waals surface area contributed by atoms with Crippen LogP contribution in [0.5, 0.6) is 0 Å². The van der Waals surface area contributed by atoms with E-state index in [9.17, 15) is 9.90 Å². The number of carbonyl (C=O) groups is 1. The molecule has 1 atom stereocenters. The summed E-state index contributed by atoms with van der Waals surface area (Å²) in [6, 6.07) is 9.58. The van der Waals surface area contributed by atoms with E-state index in [0.717, 1.165) is 5.56 Å². The van der Waals surface area contributed by atoms with Crippen LogP contribution in [0.25, 0.3) is 0 Å². The fraction of sp³-hybridized carbons (Fsp3) is 0.417. The van der Waals surface area contributed by atoms with Crippen LogP contribution in [0.15, 0.2) is 30.3 Å². The minimum absolute atomic E-state index is 0.00562. The zero-order chi connectivity index (χ0) is 12.5. The molecule has 0 fully saturated rings. The Morgan fingerprint density at radius 2 is 2.12 bits per heavy atom. The number of benzene rings is 1. The minimum Gasteiger partial charge on any atom is -0.464 e. The molecule has 0 aliphatic heterocycles. The van der Waals surface area contributed by atoms with Gasteiger partial charge in [0, 0.05) is 0 Å². The van der Waals surface area contributed by atoms with Gasteiger partial charge in [-0.05, 0) is 12.5 Å². The van der Waals surface area contributed by atoms with Gasteiger partial charge in [-0.15, -0.1) is 0 Å². The summed E-state index contributed by atoms with van der Waals surface area (Å²) < 4.78 is 4.63. The number of carbonyl (C=O) groups excluding carboxylic acids is 1. The summed E-state index contributed by atoms with van der Waals surface area (Å²) in [4.78, 5) is 16.1. The van der Waals surface area contributed by atoms with Crippen LogP contribution < -0.4 is 5.48 Å². The predicted molar refractivity (Wildman–Crippen MR) is 61.9 cm³/mol. The maximum absolute atomic E-state index is 11.0. The number of esters is 1. The van der Waals surface area contributed by atoms with Crippen molar-refractivity contribution in [1.29, 1.82) is 0 Å². The lowest BCUT2D eigenvalue weighted by Gasteiger charge is -2.10. The van der Waals surface area contributed by atoms with E-state index in [4.69, 9.17) is 4.84 Å². The number of hydrogen-bond donors (Lipinski definition) is 2. The van der Waals surface area contributed by atoms with Crippen LogP contribution in [0.4, 0.5) is 0 Å². The summed E-state index contributed by atoms with van der Waals surface area (Å²) in [5.41, 5.74) is 3.53. The molecule has 17 heavy (non-hydrogen) atoms. The van der Waals surface area contributed by atoms with Crippen molar-refractivity contribution in [3.8, 4) is 0 Å². The van der Waals surface area contributed by atoms with Crippen LogP contribution in [0.2, 0.25) is 0 Å². The number of rotatable bonds is 7. The monoisotopic (exact) mass is 239 g/mol. The Morgan fingerprint density at radius 3 is 2.76 bits per heavy atom. The average Bonchev–Trinajstić information content (AvgIpc) is 2.36. The van der Waals surface area contributed by atoms with E-state index in [1.807, 2.05) is 30.3 Å². The van der Waals surface area contributed by atoms with E-state index >= 15 is 0 Å². The summed E-state index contributed by atoms with van der Waals surface area (Å²) in [5.74, 6) is -0.650. The Kier molecular flexibility index (Phi) is 6.24. The maximum Gasteiger partial charge on any atom is 0.336 e. The zero-order valence-electron chi connectivity index (χ0n) is 9.76. The topological polar surface area (TPSA) is 67.8 Å². The van der Waals surface area contributed by atoms with Crippen molar-refractivity contribution in [1.82, 2.24) is 5.48 Å². The summed E-state index contributed by atoms with van der Waals surface area (Å²) in [6.45, 7) is 2.31. The highest BCUT2D eigenvalue weighted by Crippen LogP contribution is 1.99. The quantitative estimate of drug-likeness (QED) is 0.415. The van der Waals surface area contributed by atoms with E-state index in [-0.39, 0.29) is 13.2 Å². The van der Waals surface area contributed by atoms with Crippen LogP contribution in [-0.4, -0.2) is 30.3 Å². The van der Waals surface area contributed by atoms with E-state index < -0.39 is 12.1 Å². The first-order chi connectivity index (χ1) is 8.24. The lowest BCUT2D eigenvalue weighted by atomic mass is 10.2. The molecule has 0 aromatic heterocycles. The zero-order valence-corrected chi connectivity index (χ0v) is 9.76. The van der Waals surface area contributed by atoms with Gasteiger partial charge in [-0.25, -0.2) is 4.79 Å². The second kappa shape index (κ2) is 7.78. The van der Waals surface area contributed by atoms with E-state index in [0.29, 0.717) is 6.61 Å². The largest absolute Gasteiger partial charge is 0.464 e. The van der Waals surface area contributed by atoms with Crippen LogP contribution in [0, 0.1) is 0 Å². The van der Waals surface area contributed by atoms with Gasteiger partial charge in [-0.1, -0.05) is 30.3 Å². The van der Waals surface area contributed by atoms with Crippen molar-refractivity contribution in [3.05, 3.63) is 35.9 Å². The fourth-order valence-corrected chi connectivity index (χ4v) is 1.17. The first kappa shape index (κ1) is 13.6. The Hall–Kier alpha value is -1.43. The van der Waals surface area contributed by atoms with Crippen LogP contribution in [0.1, 0.15) is 12.5 Å². The molecule has 5 heteroatoms. The highest BCUT2D eigenvalue weighted by atomic mass is 16.6. The number of hydroxylamine groups is 1. The molecular weight excluding hydrogens is 222 g/mol.